The first-order valence-corrected chi connectivity index (χ1v) is 5.70. The van der Waals surface area contributed by atoms with Crippen LogP contribution in [-0.4, -0.2) is 44.0 Å². The van der Waals surface area contributed by atoms with Gasteiger partial charge in [0.15, 0.2) is 0 Å². The topological polar surface area (TPSA) is 15.3 Å². The molecular formula is C11H22F2N2. The van der Waals surface area contributed by atoms with E-state index in [0.29, 0.717) is 12.0 Å². The van der Waals surface area contributed by atoms with Crippen LogP contribution in [0.25, 0.3) is 0 Å². The molecule has 1 N–H and O–H groups in total. The Balaban J connectivity index is 2.53. The number of likely N-dealkylation sites (N-methyl/N-ethyl adjacent to an activating group) is 2. The van der Waals surface area contributed by atoms with Crippen LogP contribution >= 0.6 is 0 Å². The van der Waals surface area contributed by atoms with Gasteiger partial charge in [-0.3, -0.25) is 4.90 Å². The monoisotopic (exact) mass is 220 g/mol. The van der Waals surface area contributed by atoms with Crippen LogP contribution in [0.15, 0.2) is 0 Å². The number of hydrogen-bond acceptors (Lipinski definition) is 2. The molecule has 1 rings (SSSR count). The van der Waals surface area contributed by atoms with E-state index in [-0.39, 0.29) is 12.6 Å². The van der Waals surface area contributed by atoms with Crippen molar-refractivity contribution in [2.45, 2.75) is 44.7 Å². The van der Waals surface area contributed by atoms with Gasteiger partial charge in [0.1, 0.15) is 0 Å². The quantitative estimate of drug-likeness (QED) is 0.779. The van der Waals surface area contributed by atoms with Gasteiger partial charge in [0.05, 0.1) is 6.54 Å². The van der Waals surface area contributed by atoms with Gasteiger partial charge in [0.25, 0.3) is 6.43 Å². The molecule has 0 saturated heterocycles. The largest absolute Gasteiger partial charge is 0.315 e. The SMILES string of the molecule is CNC1CCC(C)CC1N(C)CC(F)F. The zero-order valence-corrected chi connectivity index (χ0v) is 9.84. The third-order valence-corrected chi connectivity index (χ3v) is 3.44. The third kappa shape index (κ3) is 3.68. The lowest BCUT2D eigenvalue weighted by atomic mass is 9.82. The smallest absolute Gasteiger partial charge is 0.251 e. The summed E-state index contributed by atoms with van der Waals surface area (Å²) in [7, 11) is 3.73. The molecule has 0 spiro atoms. The van der Waals surface area contributed by atoms with Crippen molar-refractivity contribution in [3.8, 4) is 0 Å². The van der Waals surface area contributed by atoms with Gasteiger partial charge in [-0.05, 0) is 39.3 Å². The molecule has 0 radical (unpaired) electrons. The van der Waals surface area contributed by atoms with E-state index in [2.05, 4.69) is 12.2 Å². The molecule has 90 valence electrons. The van der Waals surface area contributed by atoms with Gasteiger partial charge >= 0.3 is 0 Å². The van der Waals surface area contributed by atoms with E-state index >= 15 is 0 Å². The molecule has 1 aliphatic rings. The van der Waals surface area contributed by atoms with E-state index in [1.807, 2.05) is 11.9 Å². The molecule has 15 heavy (non-hydrogen) atoms. The van der Waals surface area contributed by atoms with E-state index in [0.717, 1.165) is 12.8 Å². The highest BCUT2D eigenvalue weighted by atomic mass is 19.3. The van der Waals surface area contributed by atoms with Crippen molar-refractivity contribution in [2.75, 3.05) is 20.6 Å². The normalized spacial score (nSPS) is 32.6. The maximum Gasteiger partial charge on any atom is 0.251 e. The molecule has 2 nitrogen and oxygen atoms in total. The minimum Gasteiger partial charge on any atom is -0.315 e. The number of hydrogen-bond donors (Lipinski definition) is 1. The fraction of sp³-hybridized carbons (Fsp3) is 1.00. The summed E-state index contributed by atoms with van der Waals surface area (Å²) < 4.78 is 24.6. The van der Waals surface area contributed by atoms with Crippen molar-refractivity contribution in [1.82, 2.24) is 10.2 Å². The van der Waals surface area contributed by atoms with Gasteiger partial charge in [-0.15, -0.1) is 0 Å². The van der Waals surface area contributed by atoms with Crippen LogP contribution in [0.1, 0.15) is 26.2 Å². The summed E-state index contributed by atoms with van der Waals surface area (Å²) in [6, 6.07) is 0.623. The van der Waals surface area contributed by atoms with Crippen molar-refractivity contribution in [3.05, 3.63) is 0 Å². The molecule has 1 fully saturated rings. The first kappa shape index (κ1) is 12.8. The average Bonchev–Trinajstić information content (AvgIpc) is 2.16. The van der Waals surface area contributed by atoms with Gasteiger partial charge in [-0.1, -0.05) is 6.92 Å². The number of nitrogens with one attached hydrogen (secondary N) is 1. The summed E-state index contributed by atoms with van der Waals surface area (Å²) >= 11 is 0. The molecule has 1 aliphatic carbocycles. The molecule has 3 unspecified atom stereocenters. The molecule has 0 aromatic rings. The summed E-state index contributed by atoms with van der Waals surface area (Å²) in [5.41, 5.74) is 0. The van der Waals surface area contributed by atoms with Crippen molar-refractivity contribution in [2.24, 2.45) is 5.92 Å². The van der Waals surface area contributed by atoms with E-state index in [1.165, 1.54) is 6.42 Å². The minimum atomic E-state index is -2.23. The minimum absolute atomic E-state index is 0.116. The van der Waals surface area contributed by atoms with Crippen LogP contribution < -0.4 is 5.32 Å². The maximum atomic E-state index is 12.3. The lowest BCUT2D eigenvalue weighted by Gasteiger charge is -2.40. The Morgan fingerprint density at radius 1 is 1.40 bits per heavy atom. The molecule has 1 saturated carbocycles. The van der Waals surface area contributed by atoms with Crippen LogP contribution in [-0.2, 0) is 0 Å². The van der Waals surface area contributed by atoms with Gasteiger partial charge in [0, 0.05) is 12.1 Å². The summed E-state index contributed by atoms with van der Waals surface area (Å²) in [5.74, 6) is 0.653. The number of halogens is 2. The second-order valence-corrected chi connectivity index (χ2v) is 4.71. The number of nitrogens with zero attached hydrogens (tertiary/aromatic N) is 1. The molecule has 0 aliphatic heterocycles. The average molecular weight is 220 g/mol. The molecule has 0 aromatic heterocycles. The summed E-state index contributed by atoms with van der Waals surface area (Å²) in [6.45, 7) is 2.09. The Morgan fingerprint density at radius 3 is 2.60 bits per heavy atom. The van der Waals surface area contributed by atoms with Crippen LogP contribution in [0.2, 0.25) is 0 Å². The third-order valence-electron chi connectivity index (χ3n) is 3.44. The summed E-state index contributed by atoms with van der Waals surface area (Å²) in [4.78, 5) is 1.81. The summed E-state index contributed by atoms with van der Waals surface area (Å²) in [6.07, 6.45) is 1.08. The van der Waals surface area contributed by atoms with Gasteiger partial charge in [-0.2, -0.15) is 0 Å². The highest BCUT2D eigenvalue weighted by molar-refractivity contribution is 4.88. The van der Waals surface area contributed by atoms with Crippen LogP contribution in [0.3, 0.4) is 0 Å². The van der Waals surface area contributed by atoms with Crippen LogP contribution in [0.5, 0.6) is 0 Å². The van der Waals surface area contributed by atoms with Gasteiger partial charge in [0.2, 0.25) is 0 Å². The van der Waals surface area contributed by atoms with Crippen molar-refractivity contribution < 1.29 is 8.78 Å². The molecule has 0 aromatic carbocycles. The first-order valence-electron chi connectivity index (χ1n) is 5.70. The first-order chi connectivity index (χ1) is 7.04. The Bertz CT molecular complexity index is 187. The number of rotatable bonds is 4. The highest BCUT2D eigenvalue weighted by Gasteiger charge is 2.31. The molecular weight excluding hydrogens is 198 g/mol. The van der Waals surface area contributed by atoms with Crippen molar-refractivity contribution in [1.29, 1.82) is 0 Å². The Hall–Kier alpha value is -0.220. The lowest BCUT2D eigenvalue weighted by molar-refractivity contribution is 0.0521. The lowest BCUT2D eigenvalue weighted by Crippen LogP contribution is -2.51. The summed E-state index contributed by atoms with van der Waals surface area (Å²) in [5, 5.41) is 3.24. The maximum absolute atomic E-state index is 12.3. The molecule has 0 bridgehead atoms. The van der Waals surface area contributed by atoms with E-state index in [4.69, 9.17) is 0 Å². The predicted molar refractivity (Wildman–Crippen MR) is 58.3 cm³/mol. The van der Waals surface area contributed by atoms with Crippen LogP contribution in [0, 0.1) is 5.92 Å². The fourth-order valence-corrected chi connectivity index (χ4v) is 2.53. The Labute approximate surface area is 91.0 Å². The Kier molecular flexibility index (Phi) is 4.93. The Morgan fingerprint density at radius 2 is 2.07 bits per heavy atom. The van der Waals surface area contributed by atoms with E-state index in [1.54, 1.807) is 7.05 Å². The fourth-order valence-electron chi connectivity index (χ4n) is 2.53. The molecule has 4 heteroatoms. The molecule has 3 atom stereocenters. The standard InChI is InChI=1S/C11H22F2N2/c1-8-4-5-9(14-2)10(6-8)15(3)7-11(12)13/h8-11,14H,4-7H2,1-3H3. The zero-order chi connectivity index (χ0) is 11.4. The highest BCUT2D eigenvalue weighted by Crippen LogP contribution is 2.27. The van der Waals surface area contributed by atoms with Gasteiger partial charge < -0.3 is 5.32 Å². The molecule has 0 amide bonds. The second kappa shape index (κ2) is 5.75. The van der Waals surface area contributed by atoms with Crippen molar-refractivity contribution in [3.63, 3.8) is 0 Å². The second-order valence-electron chi connectivity index (χ2n) is 4.71. The van der Waals surface area contributed by atoms with Crippen LogP contribution in [0.4, 0.5) is 8.78 Å². The zero-order valence-electron chi connectivity index (χ0n) is 9.84. The van der Waals surface area contributed by atoms with E-state index in [9.17, 15) is 8.78 Å². The number of alkyl halides is 2. The van der Waals surface area contributed by atoms with Gasteiger partial charge in [-0.25, -0.2) is 8.78 Å². The predicted octanol–water partition coefficient (Wildman–Crippen LogP) is 1.96. The van der Waals surface area contributed by atoms with Crippen molar-refractivity contribution >= 4 is 0 Å². The van der Waals surface area contributed by atoms with E-state index < -0.39 is 6.43 Å². The molecule has 0 heterocycles.